The molecular formula is C33H38NO20S2-3. The second-order valence-electron chi connectivity index (χ2n) is 12.6. The maximum Gasteiger partial charge on any atom is 0.220 e. The maximum absolute atomic E-state index is 12.8. The summed E-state index contributed by atoms with van der Waals surface area (Å²) in [5.74, 6) is -3.20. The molecule has 2 aliphatic rings. The first-order valence-corrected chi connectivity index (χ1v) is 19.5. The van der Waals surface area contributed by atoms with Gasteiger partial charge in [0.1, 0.15) is 42.7 Å². The molecule has 10 atom stereocenters. The van der Waals surface area contributed by atoms with Gasteiger partial charge in [-0.25, -0.2) is 16.8 Å². The van der Waals surface area contributed by atoms with E-state index in [-0.39, 0.29) is 30.8 Å². The second kappa shape index (κ2) is 19.6. The number of amides is 1. The van der Waals surface area contributed by atoms with E-state index in [9.17, 15) is 65.5 Å². The molecule has 21 nitrogen and oxygen atoms in total. The number of ether oxygens (including phenoxy) is 4. The lowest BCUT2D eigenvalue weighted by Gasteiger charge is -2.48. The number of carboxylic acids is 1. The normalized spacial score (nSPS) is 28.3. The molecule has 0 saturated carbocycles. The van der Waals surface area contributed by atoms with Crippen molar-refractivity contribution >= 4 is 44.2 Å². The molecule has 4 N–H and O–H groups in total. The molecule has 56 heavy (non-hydrogen) atoms. The number of methoxy groups -OCH3 is 1. The van der Waals surface area contributed by atoms with E-state index in [1.807, 2.05) is 0 Å². The van der Waals surface area contributed by atoms with Crippen LogP contribution in [-0.4, -0.2) is 140 Å². The van der Waals surface area contributed by atoms with Crippen molar-refractivity contribution in [3.8, 4) is 0 Å². The van der Waals surface area contributed by atoms with Gasteiger partial charge in [-0.2, -0.15) is 0 Å². The summed E-state index contributed by atoms with van der Waals surface area (Å²) < 4.78 is 97.1. The zero-order valence-electron chi connectivity index (χ0n) is 29.3. The van der Waals surface area contributed by atoms with Gasteiger partial charge in [0, 0.05) is 36.6 Å². The molecule has 0 aromatic heterocycles. The minimum absolute atomic E-state index is 0.114. The Morgan fingerprint density at radius 1 is 0.768 bits per heavy atom. The molecule has 2 aromatic carbocycles. The van der Waals surface area contributed by atoms with Gasteiger partial charge in [-0.05, 0) is 12.8 Å². The molecule has 2 aromatic rings. The van der Waals surface area contributed by atoms with Crippen LogP contribution in [-0.2, 0) is 57.7 Å². The van der Waals surface area contributed by atoms with E-state index in [4.69, 9.17) is 18.9 Å². The summed E-state index contributed by atoms with van der Waals surface area (Å²) >= 11 is 0. The van der Waals surface area contributed by atoms with Gasteiger partial charge in [0.05, 0.1) is 12.6 Å². The topological polar surface area (TPSA) is 334 Å². The molecule has 310 valence electrons. The number of nitrogens with one attached hydrogen (secondary N) is 1. The van der Waals surface area contributed by atoms with Crippen molar-refractivity contribution in [2.75, 3.05) is 13.7 Å². The fourth-order valence-corrected chi connectivity index (χ4v) is 6.82. The third-order valence-electron chi connectivity index (χ3n) is 8.75. The molecule has 2 aliphatic heterocycles. The lowest BCUT2D eigenvalue weighted by molar-refractivity contribution is -0.364. The first-order valence-electron chi connectivity index (χ1n) is 16.8. The van der Waals surface area contributed by atoms with Crippen LogP contribution in [0.5, 0.6) is 0 Å². The van der Waals surface area contributed by atoms with Crippen molar-refractivity contribution in [1.82, 2.24) is 5.32 Å². The van der Waals surface area contributed by atoms with Crippen molar-refractivity contribution in [2.45, 2.75) is 93.5 Å². The third kappa shape index (κ3) is 12.3. The Kier molecular flexibility index (Phi) is 15.7. The van der Waals surface area contributed by atoms with Gasteiger partial charge in [0.15, 0.2) is 30.3 Å². The number of carbonyl (C=O) groups is 4. The number of carbonyl (C=O) groups excluding carboxylic acids is 4. The Balaban J connectivity index is 1.37. The van der Waals surface area contributed by atoms with E-state index in [1.165, 1.54) is 0 Å². The van der Waals surface area contributed by atoms with Gasteiger partial charge in [-0.1, -0.05) is 61.0 Å². The Morgan fingerprint density at radius 2 is 1.38 bits per heavy atom. The Bertz CT molecular complexity index is 1890. The summed E-state index contributed by atoms with van der Waals surface area (Å²) in [6.45, 7) is -1.27. The van der Waals surface area contributed by atoms with Gasteiger partial charge in [-0.3, -0.25) is 22.7 Å². The molecule has 4 unspecified atom stereocenters. The van der Waals surface area contributed by atoms with Gasteiger partial charge in [0.25, 0.3) is 0 Å². The van der Waals surface area contributed by atoms with Crippen LogP contribution < -0.4 is 10.4 Å². The van der Waals surface area contributed by atoms with E-state index in [0.717, 1.165) is 7.11 Å². The number of hydrogen-bond acceptors (Lipinski definition) is 20. The average molecular weight is 833 g/mol. The van der Waals surface area contributed by atoms with Crippen LogP contribution in [0.25, 0.3) is 0 Å². The SMILES string of the molecule is CO[C@H]1C(C(=O)[O-])O[C@@H](O[C@H]2C(COS(=O)(=O)[O-])O[C@@H](O)C(NC(=O)CCCCCC(=O)c3ccc(C(=O)c4ccccc4)cc3)[C@H]2O)C(OS(=O)(=O)[O-])[C@@H]1O. The molecule has 0 spiro atoms. The molecule has 2 fully saturated rings. The molecule has 2 saturated heterocycles. The first kappa shape index (κ1) is 44.9. The quantitative estimate of drug-likeness (QED) is 0.0480. The van der Waals surface area contributed by atoms with E-state index < -0.39 is 101 Å². The molecule has 4 rings (SSSR count). The number of hydrogen-bond donors (Lipinski definition) is 4. The number of aliphatic hydroxyl groups excluding tert-OH is 3. The van der Waals surface area contributed by atoms with E-state index in [1.54, 1.807) is 54.6 Å². The van der Waals surface area contributed by atoms with E-state index in [2.05, 4.69) is 13.7 Å². The van der Waals surface area contributed by atoms with Crippen LogP contribution in [0, 0.1) is 0 Å². The van der Waals surface area contributed by atoms with Crippen LogP contribution in [0.3, 0.4) is 0 Å². The van der Waals surface area contributed by atoms with Gasteiger partial charge in [-0.15, -0.1) is 0 Å². The lowest BCUT2D eigenvalue weighted by Crippen LogP contribution is -2.68. The van der Waals surface area contributed by atoms with Gasteiger partial charge >= 0.3 is 0 Å². The fraction of sp³-hybridized carbons (Fsp3) is 0.515. The van der Waals surface area contributed by atoms with Crippen molar-refractivity contribution in [3.05, 3.63) is 71.3 Å². The molecule has 1 amide bonds. The van der Waals surface area contributed by atoms with Crippen LogP contribution >= 0.6 is 0 Å². The van der Waals surface area contributed by atoms with Crippen LogP contribution in [0.1, 0.15) is 58.4 Å². The van der Waals surface area contributed by atoms with Crippen molar-refractivity contribution < 1.29 is 92.9 Å². The number of aliphatic carboxylic acids is 1. The van der Waals surface area contributed by atoms with Crippen LogP contribution in [0.4, 0.5) is 0 Å². The zero-order valence-corrected chi connectivity index (χ0v) is 30.9. The predicted molar refractivity (Wildman–Crippen MR) is 178 cm³/mol. The minimum atomic E-state index is -5.69. The molecule has 0 bridgehead atoms. The number of carboxylic acid groups (broad SMARTS) is 1. The summed E-state index contributed by atoms with van der Waals surface area (Å²) in [7, 11) is -10.2. The smallest absolute Gasteiger partial charge is 0.220 e. The summed E-state index contributed by atoms with van der Waals surface area (Å²) in [6, 6.07) is 13.0. The zero-order chi connectivity index (χ0) is 41.4. The van der Waals surface area contributed by atoms with Crippen LogP contribution in [0.2, 0.25) is 0 Å². The first-order chi connectivity index (χ1) is 26.3. The van der Waals surface area contributed by atoms with Crippen molar-refractivity contribution in [2.24, 2.45) is 0 Å². The number of benzene rings is 2. The highest BCUT2D eigenvalue weighted by Gasteiger charge is 2.53. The van der Waals surface area contributed by atoms with E-state index in [0.29, 0.717) is 29.5 Å². The van der Waals surface area contributed by atoms with Gasteiger partial charge < -0.3 is 58.6 Å². The molecule has 0 radical (unpaired) electrons. The Hall–Kier alpha value is -3.82. The minimum Gasteiger partial charge on any atom is -0.726 e. The second-order valence-corrected chi connectivity index (χ2v) is 14.7. The Morgan fingerprint density at radius 3 is 1.96 bits per heavy atom. The highest BCUT2D eigenvalue weighted by atomic mass is 32.3. The number of Topliss-reactive ketones (excluding diaryl/α,β-unsaturated/α-hetero) is 1. The average Bonchev–Trinajstić information content (AvgIpc) is 3.13. The summed E-state index contributed by atoms with van der Waals surface area (Å²) in [5, 5.41) is 46.5. The summed E-state index contributed by atoms with van der Waals surface area (Å²) in [5.41, 5.74) is 1.30. The molecule has 0 aliphatic carbocycles. The lowest BCUT2D eigenvalue weighted by atomic mass is 9.95. The highest BCUT2D eigenvalue weighted by molar-refractivity contribution is 7.81. The predicted octanol–water partition coefficient (Wildman–Crippen LogP) is -2.83. The molecular weight excluding hydrogens is 794 g/mol. The Labute approximate surface area is 320 Å². The molecule has 23 heteroatoms. The van der Waals surface area contributed by atoms with Gasteiger partial charge in [0.2, 0.25) is 26.7 Å². The number of unbranched alkanes of at least 4 members (excludes halogenated alkanes) is 2. The maximum atomic E-state index is 12.8. The number of ketones is 2. The summed E-state index contributed by atoms with van der Waals surface area (Å²) in [6.07, 6.45) is -18.7. The van der Waals surface area contributed by atoms with Crippen molar-refractivity contribution in [3.63, 3.8) is 0 Å². The fourth-order valence-electron chi connectivity index (χ4n) is 6.04. The monoisotopic (exact) mass is 832 g/mol. The standard InChI is InChI=1S/C33H41NO20S2/c1-49-28-26(39)29(54-56(46,47)48)33(53-30(28)31(40)41)52-27-21(16-50-55(43,44)45)51-32(42)23(25(27)38)34-22(36)11-7-3-6-10-20(35)17-12-14-19(15-13-17)24(37)18-8-4-2-5-9-18/h2,4-5,8-9,12-15,21,23,25-30,32-33,38-39,42H,3,6-7,10-11,16H2,1H3,(H,34,36)(H,40,41)(H,43,44,45)(H,46,47,48)/p-3/t21?,23?,25-,26-,27+,28-,29?,30?,32-,33-/m1/s1. The third-order valence-corrected chi connectivity index (χ3v) is 9.64. The van der Waals surface area contributed by atoms with Crippen molar-refractivity contribution in [1.29, 1.82) is 0 Å². The molecule has 2 heterocycles. The largest absolute Gasteiger partial charge is 0.726 e. The van der Waals surface area contributed by atoms with Crippen LogP contribution in [0.15, 0.2) is 54.6 Å². The summed E-state index contributed by atoms with van der Waals surface area (Å²) in [4.78, 5) is 49.9. The highest BCUT2D eigenvalue weighted by Crippen LogP contribution is 2.32. The van der Waals surface area contributed by atoms with E-state index >= 15 is 0 Å². The number of aliphatic hydroxyl groups is 3. The number of rotatable bonds is 19.